The molecule has 2 rings (SSSR count). The van der Waals surface area contributed by atoms with E-state index in [0.717, 1.165) is 13.1 Å². The molecule has 5 heteroatoms. The van der Waals surface area contributed by atoms with Crippen LogP contribution < -0.4 is 5.73 Å². The lowest BCUT2D eigenvalue weighted by Gasteiger charge is -2.50. The Kier molecular flexibility index (Phi) is 5.41. The first-order valence-corrected chi connectivity index (χ1v) is 7.93. The minimum absolute atomic E-state index is 0.179. The predicted octanol–water partition coefficient (Wildman–Crippen LogP) is 0.351. The normalized spacial score (nSPS) is 29.8. The molecule has 0 radical (unpaired) electrons. The second kappa shape index (κ2) is 6.87. The standard InChI is InChI=1S/C15H30N4O/c1-12-10-18-7-5-4-6-13(18)11-19(12)14(9-16)8-15(20)17(2)3/h12-14H,4-11,16H2,1-3H3. The fourth-order valence-electron chi connectivity index (χ4n) is 3.60. The number of rotatable bonds is 4. The monoisotopic (exact) mass is 282 g/mol. The quantitative estimate of drug-likeness (QED) is 0.808. The van der Waals surface area contributed by atoms with E-state index >= 15 is 0 Å². The summed E-state index contributed by atoms with van der Waals surface area (Å²) < 4.78 is 0. The van der Waals surface area contributed by atoms with Crippen molar-refractivity contribution in [3.8, 4) is 0 Å². The van der Waals surface area contributed by atoms with Crippen molar-refractivity contribution >= 4 is 5.91 Å². The van der Waals surface area contributed by atoms with Crippen molar-refractivity contribution in [2.75, 3.05) is 40.3 Å². The van der Waals surface area contributed by atoms with E-state index in [0.29, 0.717) is 25.0 Å². The van der Waals surface area contributed by atoms with Crippen LogP contribution in [0.4, 0.5) is 0 Å². The van der Waals surface area contributed by atoms with E-state index in [9.17, 15) is 4.79 Å². The van der Waals surface area contributed by atoms with Crippen LogP contribution in [0.25, 0.3) is 0 Å². The summed E-state index contributed by atoms with van der Waals surface area (Å²) in [5, 5.41) is 0. The minimum Gasteiger partial charge on any atom is -0.349 e. The van der Waals surface area contributed by atoms with Crippen LogP contribution in [-0.2, 0) is 4.79 Å². The molecule has 0 aromatic heterocycles. The van der Waals surface area contributed by atoms with Crippen LogP contribution in [0, 0.1) is 0 Å². The largest absolute Gasteiger partial charge is 0.349 e. The molecule has 1 amide bonds. The molecule has 0 aliphatic carbocycles. The Morgan fingerprint density at radius 2 is 2.10 bits per heavy atom. The van der Waals surface area contributed by atoms with E-state index in [1.54, 1.807) is 4.90 Å². The average molecular weight is 282 g/mol. The highest BCUT2D eigenvalue weighted by Gasteiger charge is 2.36. The predicted molar refractivity (Wildman–Crippen MR) is 81.5 cm³/mol. The van der Waals surface area contributed by atoms with Gasteiger partial charge in [-0.15, -0.1) is 0 Å². The maximum atomic E-state index is 12.0. The summed E-state index contributed by atoms with van der Waals surface area (Å²) in [7, 11) is 3.64. The molecule has 3 unspecified atom stereocenters. The number of hydrogen-bond acceptors (Lipinski definition) is 4. The Labute approximate surface area is 123 Å². The fraction of sp³-hybridized carbons (Fsp3) is 0.933. The number of piperidine rings is 1. The molecular weight excluding hydrogens is 252 g/mol. The van der Waals surface area contributed by atoms with Gasteiger partial charge in [-0.2, -0.15) is 0 Å². The number of hydrogen-bond donors (Lipinski definition) is 1. The summed E-state index contributed by atoms with van der Waals surface area (Å²) in [5.74, 6) is 0.179. The van der Waals surface area contributed by atoms with Crippen molar-refractivity contribution < 1.29 is 4.79 Å². The van der Waals surface area contributed by atoms with Gasteiger partial charge in [-0.1, -0.05) is 6.42 Å². The van der Waals surface area contributed by atoms with E-state index in [2.05, 4.69) is 16.7 Å². The molecular formula is C15H30N4O. The Hall–Kier alpha value is -0.650. The van der Waals surface area contributed by atoms with E-state index in [1.807, 2.05) is 14.1 Å². The summed E-state index contributed by atoms with van der Waals surface area (Å²) in [6.45, 7) is 6.28. The lowest BCUT2D eigenvalue weighted by atomic mass is 9.95. The lowest BCUT2D eigenvalue weighted by Crippen LogP contribution is -2.62. The van der Waals surface area contributed by atoms with Gasteiger partial charge in [0.05, 0.1) is 0 Å². The van der Waals surface area contributed by atoms with Crippen molar-refractivity contribution in [3.63, 3.8) is 0 Å². The number of amides is 1. The summed E-state index contributed by atoms with van der Waals surface area (Å²) in [4.78, 5) is 18.8. The highest BCUT2D eigenvalue weighted by atomic mass is 16.2. The van der Waals surface area contributed by atoms with E-state index in [4.69, 9.17) is 5.73 Å². The highest BCUT2D eigenvalue weighted by molar-refractivity contribution is 5.76. The zero-order valence-electron chi connectivity index (χ0n) is 13.2. The van der Waals surface area contributed by atoms with Crippen LogP contribution >= 0.6 is 0 Å². The van der Waals surface area contributed by atoms with Gasteiger partial charge < -0.3 is 10.6 Å². The number of nitrogens with zero attached hydrogens (tertiary/aromatic N) is 3. The molecule has 2 saturated heterocycles. The van der Waals surface area contributed by atoms with Crippen LogP contribution in [0.5, 0.6) is 0 Å². The number of carbonyl (C=O) groups excluding carboxylic acids is 1. The zero-order valence-corrected chi connectivity index (χ0v) is 13.2. The van der Waals surface area contributed by atoms with Gasteiger partial charge in [0.25, 0.3) is 0 Å². The van der Waals surface area contributed by atoms with E-state index in [-0.39, 0.29) is 11.9 Å². The topological polar surface area (TPSA) is 52.8 Å². The molecule has 0 saturated carbocycles. The third-order valence-corrected chi connectivity index (χ3v) is 4.89. The molecule has 116 valence electrons. The maximum Gasteiger partial charge on any atom is 0.223 e. The van der Waals surface area contributed by atoms with Crippen LogP contribution in [0.1, 0.15) is 32.6 Å². The second-order valence-corrected chi connectivity index (χ2v) is 6.57. The molecule has 0 aromatic rings. The number of fused-ring (bicyclic) bond motifs is 1. The van der Waals surface area contributed by atoms with Gasteiger partial charge in [-0.05, 0) is 26.3 Å². The Morgan fingerprint density at radius 1 is 1.35 bits per heavy atom. The number of piperazine rings is 1. The minimum atomic E-state index is 0.179. The molecule has 2 fully saturated rings. The smallest absolute Gasteiger partial charge is 0.223 e. The Bertz CT molecular complexity index is 334. The van der Waals surface area contributed by atoms with Crippen molar-refractivity contribution in [2.24, 2.45) is 5.73 Å². The first-order chi connectivity index (χ1) is 9.52. The molecule has 20 heavy (non-hydrogen) atoms. The molecule has 2 aliphatic heterocycles. The van der Waals surface area contributed by atoms with Crippen molar-refractivity contribution in [3.05, 3.63) is 0 Å². The Balaban J connectivity index is 1.99. The lowest BCUT2D eigenvalue weighted by molar-refractivity contribution is -0.130. The molecule has 3 atom stereocenters. The SMILES string of the molecule is CC1CN2CCCCC2CN1C(CN)CC(=O)N(C)C. The van der Waals surface area contributed by atoms with Crippen LogP contribution in [0.2, 0.25) is 0 Å². The summed E-state index contributed by atoms with van der Waals surface area (Å²) in [6, 6.07) is 1.35. The van der Waals surface area contributed by atoms with Crippen molar-refractivity contribution in [1.29, 1.82) is 0 Å². The maximum absolute atomic E-state index is 12.0. The number of carbonyl (C=O) groups is 1. The number of nitrogens with two attached hydrogens (primary N) is 1. The van der Waals surface area contributed by atoms with Gasteiger partial charge in [0.1, 0.15) is 0 Å². The van der Waals surface area contributed by atoms with Gasteiger partial charge in [0, 0.05) is 58.3 Å². The Morgan fingerprint density at radius 3 is 2.75 bits per heavy atom. The zero-order chi connectivity index (χ0) is 14.7. The van der Waals surface area contributed by atoms with E-state index < -0.39 is 0 Å². The van der Waals surface area contributed by atoms with Crippen LogP contribution in [0.3, 0.4) is 0 Å². The van der Waals surface area contributed by atoms with Crippen LogP contribution in [0.15, 0.2) is 0 Å². The highest BCUT2D eigenvalue weighted by Crippen LogP contribution is 2.26. The van der Waals surface area contributed by atoms with Gasteiger partial charge in [-0.3, -0.25) is 14.6 Å². The molecule has 2 heterocycles. The molecule has 0 aromatic carbocycles. The molecule has 5 nitrogen and oxygen atoms in total. The van der Waals surface area contributed by atoms with Crippen LogP contribution in [-0.4, -0.2) is 79.0 Å². The molecule has 2 N–H and O–H groups in total. The van der Waals surface area contributed by atoms with Crippen molar-refractivity contribution in [2.45, 2.75) is 50.7 Å². The summed E-state index contributed by atoms with van der Waals surface area (Å²) in [6.07, 6.45) is 4.51. The first-order valence-electron chi connectivity index (χ1n) is 7.93. The summed E-state index contributed by atoms with van der Waals surface area (Å²) in [5.41, 5.74) is 5.96. The van der Waals surface area contributed by atoms with Gasteiger partial charge in [0.15, 0.2) is 0 Å². The molecule has 0 spiro atoms. The fourth-order valence-corrected chi connectivity index (χ4v) is 3.60. The van der Waals surface area contributed by atoms with Gasteiger partial charge in [0.2, 0.25) is 5.91 Å². The molecule has 2 aliphatic rings. The van der Waals surface area contributed by atoms with Gasteiger partial charge in [-0.25, -0.2) is 0 Å². The first kappa shape index (κ1) is 15.7. The van der Waals surface area contributed by atoms with Crippen molar-refractivity contribution in [1.82, 2.24) is 14.7 Å². The van der Waals surface area contributed by atoms with E-state index in [1.165, 1.54) is 25.8 Å². The average Bonchev–Trinajstić information content (AvgIpc) is 2.43. The third kappa shape index (κ3) is 3.51. The van der Waals surface area contributed by atoms with Gasteiger partial charge >= 0.3 is 0 Å². The molecule has 0 bridgehead atoms. The summed E-state index contributed by atoms with van der Waals surface area (Å²) >= 11 is 0. The third-order valence-electron chi connectivity index (χ3n) is 4.89. The second-order valence-electron chi connectivity index (χ2n) is 6.57.